The van der Waals surface area contributed by atoms with Crippen molar-refractivity contribution in [2.24, 2.45) is 0 Å². The Labute approximate surface area is 67.7 Å². The van der Waals surface area contributed by atoms with Crippen molar-refractivity contribution in [3.63, 3.8) is 0 Å². The van der Waals surface area contributed by atoms with E-state index in [0.29, 0.717) is 6.10 Å². The molecule has 0 aromatic rings. The fraction of sp³-hybridized carbons (Fsp3) is 1.00. The first-order valence-electron chi connectivity index (χ1n) is 4.50. The highest BCUT2D eigenvalue weighted by Gasteiger charge is 2.21. The fourth-order valence-corrected chi connectivity index (χ4v) is 1.61. The van der Waals surface area contributed by atoms with Gasteiger partial charge in [0.05, 0.1) is 6.10 Å². The van der Waals surface area contributed by atoms with Crippen LogP contribution in [0.15, 0.2) is 0 Å². The molecule has 2 saturated heterocycles. The summed E-state index contributed by atoms with van der Waals surface area (Å²) in [5.74, 6) is 0. The number of piperazine rings is 1. The Morgan fingerprint density at radius 1 is 1.36 bits per heavy atom. The van der Waals surface area contributed by atoms with Crippen molar-refractivity contribution in [2.75, 3.05) is 39.3 Å². The molecule has 1 unspecified atom stereocenters. The highest BCUT2D eigenvalue weighted by atomic mass is 16.5. The molecule has 11 heavy (non-hydrogen) atoms. The Morgan fingerprint density at radius 3 is 2.64 bits per heavy atom. The van der Waals surface area contributed by atoms with Gasteiger partial charge in [-0.3, -0.25) is 4.90 Å². The Kier molecular flexibility index (Phi) is 2.41. The molecule has 3 heteroatoms. The molecular formula is C8H16N2O. The number of hydrogen-bond donors (Lipinski definition) is 1. The van der Waals surface area contributed by atoms with Crippen molar-refractivity contribution in [2.45, 2.75) is 12.5 Å². The van der Waals surface area contributed by atoms with Gasteiger partial charge >= 0.3 is 0 Å². The van der Waals surface area contributed by atoms with Crippen LogP contribution in [0.5, 0.6) is 0 Å². The lowest BCUT2D eigenvalue weighted by molar-refractivity contribution is -0.0677. The van der Waals surface area contributed by atoms with Gasteiger partial charge in [-0.25, -0.2) is 0 Å². The predicted octanol–water partition coefficient (Wildman–Crippen LogP) is -0.319. The van der Waals surface area contributed by atoms with E-state index >= 15 is 0 Å². The number of nitrogens with zero attached hydrogens (tertiary/aromatic N) is 1. The molecule has 0 radical (unpaired) electrons. The summed E-state index contributed by atoms with van der Waals surface area (Å²) in [7, 11) is 0. The molecule has 64 valence electrons. The van der Waals surface area contributed by atoms with Crippen molar-refractivity contribution in [3.05, 3.63) is 0 Å². The van der Waals surface area contributed by atoms with Crippen molar-refractivity contribution < 1.29 is 4.74 Å². The largest absolute Gasteiger partial charge is 0.377 e. The topological polar surface area (TPSA) is 24.5 Å². The van der Waals surface area contributed by atoms with Crippen LogP contribution in [0.3, 0.4) is 0 Å². The third kappa shape index (κ3) is 1.92. The van der Waals surface area contributed by atoms with E-state index in [4.69, 9.17) is 4.74 Å². The molecule has 2 heterocycles. The van der Waals surface area contributed by atoms with Crippen LogP contribution in [0.2, 0.25) is 0 Å². The minimum atomic E-state index is 0.549. The van der Waals surface area contributed by atoms with Crippen molar-refractivity contribution in [1.29, 1.82) is 0 Å². The molecule has 2 aliphatic rings. The summed E-state index contributed by atoms with van der Waals surface area (Å²) in [6.45, 7) is 6.82. The summed E-state index contributed by atoms with van der Waals surface area (Å²) in [5, 5.41) is 3.34. The summed E-state index contributed by atoms with van der Waals surface area (Å²) >= 11 is 0. The van der Waals surface area contributed by atoms with Gasteiger partial charge in [0.25, 0.3) is 0 Å². The van der Waals surface area contributed by atoms with Crippen LogP contribution in [0.1, 0.15) is 6.42 Å². The second kappa shape index (κ2) is 3.52. The first-order chi connectivity index (χ1) is 5.45. The molecule has 3 nitrogen and oxygen atoms in total. The molecule has 1 atom stereocenters. The van der Waals surface area contributed by atoms with Gasteiger partial charge in [0.1, 0.15) is 0 Å². The van der Waals surface area contributed by atoms with Crippen LogP contribution in [0.4, 0.5) is 0 Å². The zero-order chi connectivity index (χ0) is 7.52. The van der Waals surface area contributed by atoms with Gasteiger partial charge in [0.2, 0.25) is 0 Å². The quantitative estimate of drug-likeness (QED) is 0.593. The number of hydrogen-bond acceptors (Lipinski definition) is 3. The molecule has 2 aliphatic heterocycles. The lowest BCUT2D eigenvalue weighted by atomic mass is 10.1. The van der Waals surface area contributed by atoms with Crippen LogP contribution in [0.25, 0.3) is 0 Å². The average molecular weight is 156 g/mol. The number of ether oxygens (including phenoxy) is 1. The molecule has 0 aromatic carbocycles. The maximum Gasteiger partial charge on any atom is 0.0723 e. The van der Waals surface area contributed by atoms with Gasteiger partial charge in [-0.1, -0.05) is 0 Å². The number of nitrogens with one attached hydrogen (secondary N) is 1. The summed E-state index contributed by atoms with van der Waals surface area (Å²) in [6.07, 6.45) is 1.82. The van der Waals surface area contributed by atoms with E-state index in [0.717, 1.165) is 26.2 Å². The van der Waals surface area contributed by atoms with Gasteiger partial charge in [0.15, 0.2) is 0 Å². The van der Waals surface area contributed by atoms with Crippen LogP contribution in [-0.2, 0) is 4.74 Å². The summed E-state index contributed by atoms with van der Waals surface area (Å²) in [4.78, 5) is 2.49. The minimum absolute atomic E-state index is 0.549. The average Bonchev–Trinajstić information content (AvgIpc) is 1.99. The second-order valence-corrected chi connectivity index (χ2v) is 3.33. The van der Waals surface area contributed by atoms with Crippen LogP contribution in [0, 0.1) is 0 Å². The van der Waals surface area contributed by atoms with Crippen LogP contribution >= 0.6 is 0 Å². The Morgan fingerprint density at radius 2 is 2.09 bits per heavy atom. The van der Waals surface area contributed by atoms with E-state index in [1.54, 1.807) is 0 Å². The Bertz CT molecular complexity index is 119. The van der Waals surface area contributed by atoms with E-state index in [2.05, 4.69) is 10.2 Å². The SMILES string of the molecule is C1CN(CC2CCO2)CCN1. The maximum absolute atomic E-state index is 5.37. The Balaban J connectivity index is 1.67. The zero-order valence-corrected chi connectivity index (χ0v) is 6.88. The normalized spacial score (nSPS) is 33.3. The monoisotopic (exact) mass is 156 g/mol. The number of rotatable bonds is 2. The standard InChI is InChI=1S/C8H16N2O/c1-6-11-8(1)7-10-4-2-9-3-5-10/h8-9H,1-7H2. The molecule has 0 spiro atoms. The first kappa shape index (κ1) is 7.53. The highest BCUT2D eigenvalue weighted by Crippen LogP contribution is 2.12. The molecule has 1 N–H and O–H groups in total. The molecular weight excluding hydrogens is 140 g/mol. The summed E-state index contributed by atoms with van der Waals surface area (Å²) < 4.78 is 5.37. The maximum atomic E-state index is 5.37. The van der Waals surface area contributed by atoms with E-state index in [-0.39, 0.29) is 0 Å². The van der Waals surface area contributed by atoms with Crippen LogP contribution in [-0.4, -0.2) is 50.3 Å². The zero-order valence-electron chi connectivity index (χ0n) is 6.88. The fourth-order valence-electron chi connectivity index (χ4n) is 1.61. The van der Waals surface area contributed by atoms with Gasteiger partial charge in [-0.15, -0.1) is 0 Å². The van der Waals surface area contributed by atoms with Crippen molar-refractivity contribution >= 4 is 0 Å². The van der Waals surface area contributed by atoms with Crippen molar-refractivity contribution in [1.82, 2.24) is 10.2 Å². The lowest BCUT2D eigenvalue weighted by Gasteiger charge is -2.34. The molecule has 0 saturated carbocycles. The van der Waals surface area contributed by atoms with Gasteiger partial charge in [-0.05, 0) is 6.42 Å². The predicted molar refractivity (Wildman–Crippen MR) is 43.7 cm³/mol. The molecule has 0 amide bonds. The molecule has 0 aromatic heterocycles. The second-order valence-electron chi connectivity index (χ2n) is 3.33. The third-order valence-corrected chi connectivity index (χ3v) is 2.46. The molecule has 2 fully saturated rings. The van der Waals surface area contributed by atoms with Gasteiger partial charge in [-0.2, -0.15) is 0 Å². The Hall–Kier alpha value is -0.120. The van der Waals surface area contributed by atoms with Gasteiger partial charge in [0, 0.05) is 39.3 Å². The minimum Gasteiger partial charge on any atom is -0.377 e. The van der Waals surface area contributed by atoms with E-state index < -0.39 is 0 Å². The van der Waals surface area contributed by atoms with Crippen molar-refractivity contribution in [3.8, 4) is 0 Å². The van der Waals surface area contributed by atoms with E-state index in [9.17, 15) is 0 Å². The smallest absolute Gasteiger partial charge is 0.0723 e. The van der Waals surface area contributed by atoms with E-state index in [1.165, 1.54) is 19.5 Å². The van der Waals surface area contributed by atoms with Crippen LogP contribution < -0.4 is 5.32 Å². The molecule has 2 rings (SSSR count). The third-order valence-electron chi connectivity index (χ3n) is 2.46. The van der Waals surface area contributed by atoms with Gasteiger partial charge < -0.3 is 10.1 Å². The molecule has 0 aliphatic carbocycles. The molecule has 0 bridgehead atoms. The lowest BCUT2D eigenvalue weighted by Crippen LogP contribution is -2.48. The van der Waals surface area contributed by atoms with E-state index in [1.807, 2.05) is 0 Å². The summed E-state index contributed by atoms with van der Waals surface area (Å²) in [5.41, 5.74) is 0. The first-order valence-corrected chi connectivity index (χ1v) is 4.50. The highest BCUT2D eigenvalue weighted by molar-refractivity contribution is 4.75. The summed E-state index contributed by atoms with van der Waals surface area (Å²) in [6, 6.07) is 0.